The van der Waals surface area contributed by atoms with Crippen molar-refractivity contribution in [3.05, 3.63) is 21.9 Å². The van der Waals surface area contributed by atoms with Crippen LogP contribution in [0.4, 0.5) is 0 Å². The van der Waals surface area contributed by atoms with Crippen molar-refractivity contribution in [1.82, 2.24) is 9.80 Å². The predicted molar refractivity (Wildman–Crippen MR) is 94.3 cm³/mol. The smallest absolute Gasteiger partial charge is 0.263 e. The number of amides is 2. The van der Waals surface area contributed by atoms with Crippen LogP contribution < -0.4 is 0 Å². The third kappa shape index (κ3) is 2.97. The quantitative estimate of drug-likeness (QED) is 0.784. The Hall–Kier alpha value is -1.40. The Morgan fingerprint density at radius 1 is 1.29 bits per heavy atom. The molecule has 2 atom stereocenters. The number of β-lactam (4-membered cyclic amide) rings is 1. The first-order valence-corrected chi connectivity index (χ1v) is 9.46. The molecule has 1 aromatic heterocycles. The van der Waals surface area contributed by atoms with Crippen LogP contribution in [0.1, 0.15) is 41.2 Å². The lowest BCUT2D eigenvalue weighted by molar-refractivity contribution is -0.181. The van der Waals surface area contributed by atoms with Gasteiger partial charge in [-0.15, -0.1) is 11.3 Å². The van der Waals surface area contributed by atoms with Crippen molar-refractivity contribution in [2.45, 2.75) is 51.8 Å². The van der Waals surface area contributed by atoms with E-state index in [-0.39, 0.29) is 30.0 Å². The largest absolute Gasteiger partial charge is 0.369 e. The molecule has 5 nitrogen and oxygen atoms in total. The number of aryl methyl sites for hydroxylation is 1. The maximum atomic E-state index is 12.6. The summed E-state index contributed by atoms with van der Waals surface area (Å²) in [6.07, 6.45) is 1.55. The zero-order chi connectivity index (χ0) is 17.4. The maximum absolute atomic E-state index is 12.6. The topological polar surface area (TPSA) is 49.9 Å². The molecule has 2 aliphatic heterocycles. The molecule has 6 heteroatoms. The number of hydrogen-bond acceptors (Lipinski definition) is 4. The Morgan fingerprint density at radius 3 is 2.46 bits per heavy atom. The van der Waals surface area contributed by atoms with Gasteiger partial charge in [-0.2, -0.15) is 0 Å². The standard InChI is InChI=1S/C18H26N2O3S/c1-11(2)20-15(16(23-4)18(20)22)13-7-9-19(10-8-13)17(21)14-6-5-12(3)24-14/h5-6,11,13,15-16H,7-10H2,1-4H3/t15-,16+/m0/s1. The van der Waals surface area contributed by atoms with Crippen molar-refractivity contribution in [2.75, 3.05) is 20.2 Å². The summed E-state index contributed by atoms with van der Waals surface area (Å²) in [6, 6.07) is 4.26. The summed E-state index contributed by atoms with van der Waals surface area (Å²) in [7, 11) is 1.62. The van der Waals surface area contributed by atoms with Crippen LogP contribution in [0, 0.1) is 12.8 Å². The van der Waals surface area contributed by atoms with Crippen molar-refractivity contribution in [3.63, 3.8) is 0 Å². The van der Waals surface area contributed by atoms with Gasteiger partial charge in [0.05, 0.1) is 10.9 Å². The number of carbonyl (C=O) groups is 2. The summed E-state index contributed by atoms with van der Waals surface area (Å²) in [6.45, 7) is 7.64. The lowest BCUT2D eigenvalue weighted by atomic mass is 9.79. The number of rotatable bonds is 4. The molecule has 0 bridgehead atoms. The van der Waals surface area contributed by atoms with E-state index < -0.39 is 0 Å². The van der Waals surface area contributed by atoms with Crippen molar-refractivity contribution in [2.24, 2.45) is 5.92 Å². The fraction of sp³-hybridized carbons (Fsp3) is 0.667. The summed E-state index contributed by atoms with van der Waals surface area (Å²) in [5.41, 5.74) is 0. The fourth-order valence-corrected chi connectivity index (χ4v) is 4.80. The lowest BCUT2D eigenvalue weighted by Crippen LogP contribution is -2.70. The van der Waals surface area contributed by atoms with Crippen molar-refractivity contribution in [1.29, 1.82) is 0 Å². The molecule has 2 fully saturated rings. The lowest BCUT2D eigenvalue weighted by Gasteiger charge is -2.53. The number of nitrogens with zero attached hydrogens (tertiary/aromatic N) is 2. The zero-order valence-electron chi connectivity index (χ0n) is 14.8. The minimum atomic E-state index is -0.306. The second-order valence-electron chi connectivity index (χ2n) is 7.03. The highest BCUT2D eigenvalue weighted by molar-refractivity contribution is 7.13. The monoisotopic (exact) mass is 350 g/mol. The summed E-state index contributed by atoms with van der Waals surface area (Å²) in [5, 5.41) is 0. The zero-order valence-corrected chi connectivity index (χ0v) is 15.6. The number of carbonyl (C=O) groups excluding carboxylic acids is 2. The van der Waals surface area contributed by atoms with Gasteiger partial charge in [0.15, 0.2) is 6.10 Å². The molecule has 24 heavy (non-hydrogen) atoms. The molecule has 132 valence electrons. The van der Waals surface area contributed by atoms with Crippen LogP contribution in [0.15, 0.2) is 12.1 Å². The van der Waals surface area contributed by atoms with Crippen LogP contribution in [0.2, 0.25) is 0 Å². The summed E-state index contributed by atoms with van der Waals surface area (Å²) >= 11 is 1.56. The first kappa shape index (κ1) is 17.4. The molecule has 3 rings (SSSR count). The van der Waals surface area contributed by atoms with Crippen LogP contribution in [0.5, 0.6) is 0 Å². The first-order valence-electron chi connectivity index (χ1n) is 8.64. The van der Waals surface area contributed by atoms with E-state index in [1.807, 2.05) is 28.9 Å². The average molecular weight is 350 g/mol. The Balaban J connectivity index is 1.62. The molecule has 0 unspecified atom stereocenters. The number of methoxy groups -OCH3 is 1. The Bertz CT molecular complexity index is 620. The van der Waals surface area contributed by atoms with Gasteiger partial charge >= 0.3 is 0 Å². The predicted octanol–water partition coefficient (Wildman–Crippen LogP) is 2.54. The molecule has 0 aliphatic carbocycles. The molecule has 0 aromatic carbocycles. The van der Waals surface area contributed by atoms with Crippen LogP contribution in [-0.4, -0.2) is 60.0 Å². The molecule has 0 spiro atoms. The van der Waals surface area contributed by atoms with Crippen molar-refractivity contribution in [3.8, 4) is 0 Å². The highest BCUT2D eigenvalue weighted by Gasteiger charge is 2.52. The molecule has 2 saturated heterocycles. The summed E-state index contributed by atoms with van der Waals surface area (Å²) < 4.78 is 5.42. The molecule has 3 heterocycles. The van der Waals surface area contributed by atoms with E-state index in [1.165, 1.54) is 0 Å². The normalized spacial score (nSPS) is 25.3. The van der Waals surface area contributed by atoms with Gasteiger partial charge in [0.25, 0.3) is 11.8 Å². The average Bonchev–Trinajstić information content (AvgIpc) is 2.98. The molecular weight excluding hydrogens is 324 g/mol. The second kappa shape index (κ2) is 6.84. The van der Waals surface area contributed by atoms with E-state index >= 15 is 0 Å². The first-order chi connectivity index (χ1) is 11.4. The van der Waals surface area contributed by atoms with E-state index in [4.69, 9.17) is 4.74 Å². The van der Waals surface area contributed by atoms with Crippen LogP contribution in [0.25, 0.3) is 0 Å². The van der Waals surface area contributed by atoms with Gasteiger partial charge in [-0.3, -0.25) is 9.59 Å². The van der Waals surface area contributed by atoms with E-state index in [2.05, 4.69) is 13.8 Å². The highest BCUT2D eigenvalue weighted by atomic mass is 32.1. The Morgan fingerprint density at radius 2 is 1.96 bits per heavy atom. The van der Waals surface area contributed by atoms with Gasteiger partial charge in [-0.05, 0) is 51.7 Å². The number of likely N-dealkylation sites (tertiary alicyclic amines) is 2. The number of hydrogen-bond donors (Lipinski definition) is 0. The van der Waals surface area contributed by atoms with E-state index in [1.54, 1.807) is 18.4 Å². The van der Waals surface area contributed by atoms with Gasteiger partial charge in [0, 0.05) is 31.1 Å². The van der Waals surface area contributed by atoms with Gasteiger partial charge in [0.2, 0.25) is 0 Å². The van der Waals surface area contributed by atoms with Gasteiger partial charge in [0.1, 0.15) is 0 Å². The molecule has 0 N–H and O–H groups in total. The highest BCUT2D eigenvalue weighted by Crippen LogP contribution is 2.36. The Kier molecular flexibility index (Phi) is 4.97. The van der Waals surface area contributed by atoms with Crippen LogP contribution in [-0.2, 0) is 9.53 Å². The summed E-state index contributed by atoms with van der Waals surface area (Å²) in [5.74, 6) is 0.648. The maximum Gasteiger partial charge on any atom is 0.263 e. The fourth-order valence-electron chi connectivity index (χ4n) is 3.97. The SMILES string of the molecule is CO[C@H]1C(=O)N(C(C)C)[C@H]1C1CCN(C(=O)c2ccc(C)s2)CC1. The van der Waals surface area contributed by atoms with E-state index in [9.17, 15) is 9.59 Å². The molecule has 0 saturated carbocycles. The number of piperidine rings is 1. The van der Waals surface area contributed by atoms with Gasteiger partial charge in [-0.25, -0.2) is 0 Å². The second-order valence-corrected chi connectivity index (χ2v) is 8.31. The van der Waals surface area contributed by atoms with Gasteiger partial charge in [-0.1, -0.05) is 0 Å². The van der Waals surface area contributed by atoms with E-state index in [0.29, 0.717) is 5.92 Å². The molecule has 2 aliphatic rings. The molecule has 0 radical (unpaired) electrons. The minimum Gasteiger partial charge on any atom is -0.369 e. The minimum absolute atomic E-state index is 0.102. The van der Waals surface area contributed by atoms with Crippen molar-refractivity contribution >= 4 is 23.2 Å². The van der Waals surface area contributed by atoms with Gasteiger partial charge < -0.3 is 14.5 Å². The number of thiophene rings is 1. The Labute approximate surface area is 147 Å². The third-order valence-corrected chi connectivity index (χ3v) is 6.19. The van der Waals surface area contributed by atoms with E-state index in [0.717, 1.165) is 35.7 Å². The summed E-state index contributed by atoms with van der Waals surface area (Å²) in [4.78, 5) is 30.6. The van der Waals surface area contributed by atoms with Crippen LogP contribution >= 0.6 is 11.3 Å². The number of ether oxygens (including phenoxy) is 1. The molecule has 1 aromatic rings. The third-order valence-electron chi connectivity index (χ3n) is 5.20. The van der Waals surface area contributed by atoms with Crippen LogP contribution in [0.3, 0.4) is 0 Å². The molecule has 2 amide bonds. The van der Waals surface area contributed by atoms with Crippen molar-refractivity contribution < 1.29 is 14.3 Å². The molecular formula is C18H26N2O3S.